The van der Waals surface area contributed by atoms with E-state index in [1.807, 2.05) is 0 Å². The van der Waals surface area contributed by atoms with Gasteiger partial charge in [-0.3, -0.25) is 29.6 Å². The van der Waals surface area contributed by atoms with Crippen LogP contribution in [0.4, 0.5) is 11.4 Å². The summed E-state index contributed by atoms with van der Waals surface area (Å²) in [6.07, 6.45) is 5.40. The molecule has 0 radical (unpaired) electrons. The van der Waals surface area contributed by atoms with Gasteiger partial charge in [-0.2, -0.15) is 5.10 Å². The molecule has 0 bridgehead atoms. The molecule has 13 heteroatoms. The maximum Gasteiger partial charge on any atom is 0.276 e. The fourth-order valence-corrected chi connectivity index (χ4v) is 3.33. The van der Waals surface area contributed by atoms with Crippen molar-refractivity contribution in [1.29, 1.82) is 0 Å². The zero-order valence-electron chi connectivity index (χ0n) is 16.7. The molecule has 166 valence electrons. The first-order chi connectivity index (χ1) is 15.8. The number of hydrogen-bond acceptors (Lipinski definition) is 8. The number of aliphatic imine (C=N–C) groups is 1. The van der Waals surface area contributed by atoms with E-state index in [2.05, 4.69) is 30.5 Å². The largest absolute Gasteiger partial charge is 0.393 e. The molecule has 6 N–H and O–H groups in total. The first-order valence-corrected chi connectivity index (χ1v) is 10.0. The molecule has 0 fully saturated rings. The Morgan fingerprint density at radius 3 is 2.55 bits per heavy atom. The highest BCUT2D eigenvalue weighted by Gasteiger charge is 2.13. The van der Waals surface area contributed by atoms with Crippen LogP contribution in [0.1, 0.15) is 0 Å². The Kier molecular flexibility index (Phi) is 6.07. The van der Waals surface area contributed by atoms with Crippen LogP contribution in [0.5, 0.6) is 0 Å². The van der Waals surface area contributed by atoms with Crippen molar-refractivity contribution in [3.8, 4) is 11.5 Å². The monoisotopic (exact) mass is 483 g/mol. The van der Waals surface area contributed by atoms with Gasteiger partial charge in [0.1, 0.15) is 17.1 Å². The number of amides is 1. The Morgan fingerprint density at radius 1 is 1.12 bits per heavy atom. The Hall–Kier alpha value is -4.22. The van der Waals surface area contributed by atoms with Crippen molar-refractivity contribution < 1.29 is 4.79 Å². The van der Waals surface area contributed by atoms with E-state index in [0.29, 0.717) is 38.6 Å². The maximum absolute atomic E-state index is 12.1. The lowest BCUT2D eigenvalue weighted by atomic mass is 10.2. The van der Waals surface area contributed by atoms with Crippen LogP contribution >= 0.6 is 23.2 Å². The molecule has 3 aromatic heterocycles. The van der Waals surface area contributed by atoms with Gasteiger partial charge in [0, 0.05) is 0 Å². The lowest BCUT2D eigenvalue weighted by molar-refractivity contribution is -0.114. The van der Waals surface area contributed by atoms with Crippen LogP contribution in [0.2, 0.25) is 10.0 Å². The molecule has 1 aromatic carbocycles. The van der Waals surface area contributed by atoms with Crippen LogP contribution in [-0.4, -0.2) is 36.7 Å². The number of fused-ring (bicyclic) bond motifs is 1. The molecule has 11 nitrogen and oxygen atoms in total. The predicted molar refractivity (Wildman–Crippen MR) is 125 cm³/mol. The van der Waals surface area contributed by atoms with Gasteiger partial charge in [0.25, 0.3) is 11.5 Å². The van der Waals surface area contributed by atoms with Gasteiger partial charge in [-0.25, -0.2) is 4.40 Å². The number of carbonyl (C=O) groups is 1. The third kappa shape index (κ3) is 4.54. The first-order valence-electron chi connectivity index (χ1n) is 9.27. The number of anilines is 1. The van der Waals surface area contributed by atoms with Gasteiger partial charge in [0.2, 0.25) is 0 Å². The SMILES string of the molecule is NC(=O)C(N)=C(C=Nc1c(Cl)cccc1Cl)Nc1ccc(-c2n[nH]c3cncc(=O)n23)nc1. The third-order valence-electron chi connectivity index (χ3n) is 4.42. The standard InChI is InChI=1S/C20H15Cl2N9O2/c21-11-2-1-3-12(22)18(11)27-7-14(17(23)19(24)33)28-10-4-5-13(26-6-10)20-30-29-15-8-25-9-16(32)31(15)20/h1-9,28-29H,23H2,(H2,24,33). The first kappa shape index (κ1) is 22.0. The summed E-state index contributed by atoms with van der Waals surface area (Å²) in [5.74, 6) is -0.541. The number of hydrogen-bond donors (Lipinski definition) is 4. The zero-order valence-corrected chi connectivity index (χ0v) is 18.2. The second-order valence-electron chi connectivity index (χ2n) is 6.59. The van der Waals surface area contributed by atoms with Gasteiger partial charge >= 0.3 is 0 Å². The summed E-state index contributed by atoms with van der Waals surface area (Å²) in [5, 5.41) is 10.4. The van der Waals surface area contributed by atoms with Crippen molar-refractivity contribution in [2.45, 2.75) is 0 Å². The molecule has 3 heterocycles. The Labute approximate surface area is 195 Å². The number of benzene rings is 1. The molecule has 0 unspecified atom stereocenters. The fraction of sp³-hybridized carbons (Fsp3) is 0. The number of para-hydroxylation sites is 1. The fourth-order valence-electron chi connectivity index (χ4n) is 2.83. The van der Waals surface area contributed by atoms with E-state index in [9.17, 15) is 9.59 Å². The molecule has 4 rings (SSSR count). The topological polar surface area (TPSA) is 169 Å². The van der Waals surface area contributed by atoms with Crippen LogP contribution in [0.3, 0.4) is 0 Å². The van der Waals surface area contributed by atoms with Crippen molar-refractivity contribution >= 4 is 52.3 Å². The molecular formula is C20H15Cl2N9O2. The average molecular weight is 484 g/mol. The molecule has 0 spiro atoms. The highest BCUT2D eigenvalue weighted by Crippen LogP contribution is 2.32. The van der Waals surface area contributed by atoms with E-state index in [1.165, 1.54) is 29.2 Å². The van der Waals surface area contributed by atoms with Crippen LogP contribution in [-0.2, 0) is 4.79 Å². The number of rotatable bonds is 6. The second-order valence-corrected chi connectivity index (χ2v) is 7.40. The summed E-state index contributed by atoms with van der Waals surface area (Å²) < 4.78 is 1.35. The number of H-pyrrole nitrogens is 1. The molecule has 33 heavy (non-hydrogen) atoms. The van der Waals surface area contributed by atoms with E-state index in [0.717, 1.165) is 0 Å². The number of nitrogens with two attached hydrogens (primary N) is 2. The molecule has 0 aliphatic carbocycles. The highest BCUT2D eigenvalue weighted by molar-refractivity contribution is 6.38. The summed E-state index contributed by atoms with van der Waals surface area (Å²) in [6.45, 7) is 0. The lowest BCUT2D eigenvalue weighted by Gasteiger charge is -2.10. The smallest absolute Gasteiger partial charge is 0.276 e. The summed E-state index contributed by atoms with van der Waals surface area (Å²) in [7, 11) is 0. The van der Waals surface area contributed by atoms with E-state index in [-0.39, 0.29) is 17.0 Å². The summed E-state index contributed by atoms with van der Waals surface area (Å²) in [4.78, 5) is 36.2. The Balaban J connectivity index is 1.65. The minimum atomic E-state index is -0.852. The van der Waals surface area contributed by atoms with Crippen LogP contribution in [0.15, 0.2) is 70.1 Å². The molecule has 0 saturated heterocycles. The van der Waals surface area contributed by atoms with Crippen LogP contribution in [0, 0.1) is 0 Å². The average Bonchev–Trinajstić information content (AvgIpc) is 3.23. The number of allylic oxidation sites excluding steroid dienone is 1. The molecule has 0 atom stereocenters. The molecule has 0 aliphatic heterocycles. The quantitative estimate of drug-likeness (QED) is 0.240. The van der Waals surface area contributed by atoms with Gasteiger partial charge in [-0.1, -0.05) is 29.3 Å². The number of aromatic nitrogens is 5. The molecule has 0 aliphatic rings. The van der Waals surface area contributed by atoms with E-state index in [1.54, 1.807) is 30.3 Å². The number of carbonyl (C=O) groups excluding carboxylic acids is 1. The maximum atomic E-state index is 12.1. The number of nitrogens with one attached hydrogen (secondary N) is 2. The van der Waals surface area contributed by atoms with Gasteiger partial charge in [-0.05, 0) is 24.3 Å². The minimum Gasteiger partial charge on any atom is -0.393 e. The predicted octanol–water partition coefficient (Wildman–Crippen LogP) is 2.26. The van der Waals surface area contributed by atoms with Gasteiger partial charge < -0.3 is 16.8 Å². The normalized spacial score (nSPS) is 12.2. The van der Waals surface area contributed by atoms with Gasteiger partial charge in [0.05, 0.1) is 46.2 Å². The van der Waals surface area contributed by atoms with Gasteiger partial charge in [0.15, 0.2) is 11.5 Å². The van der Waals surface area contributed by atoms with Crippen LogP contribution in [0.25, 0.3) is 17.2 Å². The van der Waals surface area contributed by atoms with Gasteiger partial charge in [-0.15, -0.1) is 0 Å². The van der Waals surface area contributed by atoms with E-state index < -0.39 is 5.91 Å². The second kappa shape index (κ2) is 9.10. The Morgan fingerprint density at radius 2 is 1.88 bits per heavy atom. The van der Waals surface area contributed by atoms with Crippen molar-refractivity contribution in [3.05, 3.63) is 80.7 Å². The highest BCUT2D eigenvalue weighted by atomic mass is 35.5. The number of halogens is 2. The summed E-state index contributed by atoms with van der Waals surface area (Å²) in [6, 6.07) is 8.20. The molecule has 1 amide bonds. The summed E-state index contributed by atoms with van der Waals surface area (Å²) in [5.41, 5.74) is 12.3. The minimum absolute atomic E-state index is 0.112. The number of pyridine rings is 1. The van der Waals surface area contributed by atoms with Crippen molar-refractivity contribution in [2.24, 2.45) is 16.5 Å². The Bertz CT molecular complexity index is 1450. The summed E-state index contributed by atoms with van der Waals surface area (Å²) >= 11 is 12.3. The number of aromatic amines is 1. The van der Waals surface area contributed by atoms with Crippen molar-refractivity contribution in [2.75, 3.05) is 5.32 Å². The number of primary amides is 1. The van der Waals surface area contributed by atoms with Crippen molar-refractivity contribution in [1.82, 2.24) is 24.6 Å². The molecule has 0 saturated carbocycles. The van der Waals surface area contributed by atoms with E-state index >= 15 is 0 Å². The molecular weight excluding hydrogens is 469 g/mol. The molecule has 4 aromatic rings. The van der Waals surface area contributed by atoms with Crippen LogP contribution < -0.4 is 22.3 Å². The lowest BCUT2D eigenvalue weighted by Crippen LogP contribution is -2.25. The number of nitrogens with zero attached hydrogens (tertiary/aromatic N) is 5. The van der Waals surface area contributed by atoms with E-state index in [4.69, 9.17) is 34.7 Å². The van der Waals surface area contributed by atoms with Crippen molar-refractivity contribution in [3.63, 3.8) is 0 Å². The third-order valence-corrected chi connectivity index (χ3v) is 5.03. The zero-order chi connectivity index (χ0) is 23.5.